The van der Waals surface area contributed by atoms with E-state index in [0.29, 0.717) is 10.7 Å². The summed E-state index contributed by atoms with van der Waals surface area (Å²) in [6.07, 6.45) is 0. The van der Waals surface area contributed by atoms with E-state index in [2.05, 4.69) is 10.6 Å². The number of β-amino-alcohol motifs (C(OH)–C–C–N with tert-alkyl or cyclic N) is 1. The zero-order valence-corrected chi connectivity index (χ0v) is 17.3. The summed E-state index contributed by atoms with van der Waals surface area (Å²) in [7, 11) is 1.20. The standard InChI is InChI=1S/C21H20ClN3O6/c1-31-21(30)13-11-25(9-10-26)19(27)18(13)24-16-8-4-5-12(20(28)29)17(16)23-15-7-3-2-6-14(15)22/h2-8,23-24,26H,9-11H2,1H3,(H,28,29). The molecule has 0 radical (unpaired) electrons. The van der Waals surface area contributed by atoms with E-state index in [-0.39, 0.29) is 47.9 Å². The lowest BCUT2D eigenvalue weighted by molar-refractivity contribution is -0.136. The molecule has 0 saturated carbocycles. The number of nitrogens with zero attached hydrogens (tertiary/aromatic N) is 1. The normalized spacial score (nSPS) is 13.4. The predicted molar refractivity (Wildman–Crippen MR) is 114 cm³/mol. The summed E-state index contributed by atoms with van der Waals surface area (Å²) in [5.41, 5.74) is 0.824. The Bertz CT molecular complexity index is 1070. The van der Waals surface area contributed by atoms with Gasteiger partial charge in [0.05, 0.1) is 53.5 Å². The minimum absolute atomic E-state index is 0.0321. The van der Waals surface area contributed by atoms with Crippen molar-refractivity contribution >= 4 is 46.5 Å². The first-order chi connectivity index (χ1) is 14.9. The Morgan fingerprint density at radius 1 is 1.13 bits per heavy atom. The number of aromatic carboxylic acids is 1. The quantitative estimate of drug-likeness (QED) is 0.456. The summed E-state index contributed by atoms with van der Waals surface area (Å²) in [6, 6.07) is 11.3. The number of ether oxygens (including phenoxy) is 1. The minimum atomic E-state index is -1.19. The molecule has 0 atom stereocenters. The Kier molecular flexibility index (Phi) is 6.78. The summed E-state index contributed by atoms with van der Waals surface area (Å²) >= 11 is 6.20. The number of nitrogens with one attached hydrogen (secondary N) is 2. The zero-order chi connectivity index (χ0) is 22.5. The maximum atomic E-state index is 12.8. The number of rotatable bonds is 8. The molecule has 31 heavy (non-hydrogen) atoms. The van der Waals surface area contributed by atoms with E-state index in [0.717, 1.165) is 0 Å². The van der Waals surface area contributed by atoms with E-state index in [4.69, 9.17) is 16.3 Å². The number of hydrogen-bond acceptors (Lipinski definition) is 7. The van der Waals surface area contributed by atoms with Crippen molar-refractivity contribution in [3.05, 3.63) is 64.3 Å². The molecule has 3 rings (SSSR count). The van der Waals surface area contributed by atoms with Gasteiger partial charge in [0, 0.05) is 6.54 Å². The molecule has 1 heterocycles. The minimum Gasteiger partial charge on any atom is -0.478 e. The van der Waals surface area contributed by atoms with Gasteiger partial charge in [0.2, 0.25) is 0 Å². The van der Waals surface area contributed by atoms with E-state index in [9.17, 15) is 24.6 Å². The molecule has 162 valence electrons. The van der Waals surface area contributed by atoms with Gasteiger partial charge in [-0.2, -0.15) is 0 Å². The zero-order valence-electron chi connectivity index (χ0n) is 16.5. The summed E-state index contributed by atoms with van der Waals surface area (Å²) in [6.45, 7) is -0.286. The van der Waals surface area contributed by atoms with Crippen LogP contribution in [0.15, 0.2) is 53.7 Å². The van der Waals surface area contributed by atoms with Gasteiger partial charge in [0.1, 0.15) is 5.70 Å². The Hall–Kier alpha value is -3.56. The number of para-hydroxylation sites is 2. The molecule has 0 spiro atoms. The number of benzene rings is 2. The van der Waals surface area contributed by atoms with Crippen LogP contribution in [0.25, 0.3) is 0 Å². The van der Waals surface area contributed by atoms with Crippen LogP contribution < -0.4 is 10.6 Å². The highest BCUT2D eigenvalue weighted by atomic mass is 35.5. The van der Waals surface area contributed by atoms with Gasteiger partial charge in [-0.3, -0.25) is 4.79 Å². The summed E-state index contributed by atoms with van der Waals surface area (Å²) in [4.78, 5) is 38.1. The maximum Gasteiger partial charge on any atom is 0.337 e. The van der Waals surface area contributed by atoms with Gasteiger partial charge in [-0.1, -0.05) is 29.8 Å². The number of carbonyl (C=O) groups is 3. The molecule has 9 nitrogen and oxygen atoms in total. The third-order valence-electron chi connectivity index (χ3n) is 4.64. The molecule has 1 aliphatic heterocycles. The number of aliphatic hydroxyl groups is 1. The lowest BCUT2D eigenvalue weighted by atomic mass is 10.1. The first-order valence-electron chi connectivity index (χ1n) is 9.23. The highest BCUT2D eigenvalue weighted by molar-refractivity contribution is 6.33. The second kappa shape index (κ2) is 9.50. The molecule has 0 bridgehead atoms. The van der Waals surface area contributed by atoms with Crippen molar-refractivity contribution in [1.82, 2.24) is 4.90 Å². The van der Waals surface area contributed by atoms with E-state index in [1.165, 1.54) is 24.1 Å². The Morgan fingerprint density at radius 3 is 2.48 bits per heavy atom. The molecule has 2 aromatic rings. The predicted octanol–water partition coefficient (Wildman–Crippen LogP) is 2.46. The van der Waals surface area contributed by atoms with Crippen LogP contribution >= 0.6 is 11.6 Å². The van der Waals surface area contributed by atoms with Crippen LogP contribution in [0.2, 0.25) is 5.02 Å². The number of aliphatic hydroxyl groups excluding tert-OH is 1. The molecule has 2 aromatic carbocycles. The average Bonchev–Trinajstić information content (AvgIpc) is 3.06. The number of methoxy groups -OCH3 is 1. The molecule has 1 amide bonds. The lowest BCUT2D eigenvalue weighted by Crippen LogP contribution is -2.31. The summed E-state index contributed by atoms with van der Waals surface area (Å²) in [5.74, 6) is -2.41. The first-order valence-corrected chi connectivity index (χ1v) is 9.61. The average molecular weight is 446 g/mol. The van der Waals surface area contributed by atoms with Crippen molar-refractivity contribution in [2.45, 2.75) is 0 Å². The molecule has 0 aromatic heterocycles. The van der Waals surface area contributed by atoms with Crippen LogP contribution in [-0.2, 0) is 14.3 Å². The monoisotopic (exact) mass is 445 g/mol. The molecule has 1 aliphatic rings. The third kappa shape index (κ3) is 4.62. The number of carboxylic acids is 1. The summed E-state index contributed by atoms with van der Waals surface area (Å²) in [5, 5.41) is 25.1. The van der Waals surface area contributed by atoms with Crippen LogP contribution in [0, 0.1) is 0 Å². The van der Waals surface area contributed by atoms with Crippen molar-refractivity contribution in [3.8, 4) is 0 Å². The van der Waals surface area contributed by atoms with Crippen LogP contribution in [-0.4, -0.2) is 59.8 Å². The summed E-state index contributed by atoms with van der Waals surface area (Å²) < 4.78 is 4.78. The number of amides is 1. The number of carboxylic acid groups (broad SMARTS) is 1. The van der Waals surface area contributed by atoms with Gasteiger partial charge in [0.15, 0.2) is 0 Å². The van der Waals surface area contributed by atoms with Gasteiger partial charge in [-0.25, -0.2) is 9.59 Å². The van der Waals surface area contributed by atoms with E-state index < -0.39 is 17.8 Å². The van der Waals surface area contributed by atoms with E-state index >= 15 is 0 Å². The van der Waals surface area contributed by atoms with Crippen molar-refractivity contribution in [2.24, 2.45) is 0 Å². The molecule has 4 N–H and O–H groups in total. The number of halogens is 1. The molecular weight excluding hydrogens is 426 g/mol. The Morgan fingerprint density at radius 2 is 1.84 bits per heavy atom. The van der Waals surface area contributed by atoms with Crippen molar-refractivity contribution < 1.29 is 29.3 Å². The fourth-order valence-electron chi connectivity index (χ4n) is 3.15. The van der Waals surface area contributed by atoms with Crippen LogP contribution in [0.4, 0.5) is 17.1 Å². The van der Waals surface area contributed by atoms with Crippen LogP contribution in [0.1, 0.15) is 10.4 Å². The fourth-order valence-corrected chi connectivity index (χ4v) is 3.33. The van der Waals surface area contributed by atoms with E-state index in [1.54, 1.807) is 30.3 Å². The highest BCUT2D eigenvalue weighted by Crippen LogP contribution is 2.34. The van der Waals surface area contributed by atoms with Crippen molar-refractivity contribution in [2.75, 3.05) is 37.4 Å². The molecule has 0 fully saturated rings. The maximum absolute atomic E-state index is 12.8. The molecular formula is C21H20ClN3O6. The van der Waals surface area contributed by atoms with Gasteiger partial charge in [0.25, 0.3) is 5.91 Å². The molecule has 0 aliphatic carbocycles. The van der Waals surface area contributed by atoms with Crippen LogP contribution in [0.3, 0.4) is 0 Å². The third-order valence-corrected chi connectivity index (χ3v) is 4.97. The van der Waals surface area contributed by atoms with Crippen molar-refractivity contribution in [1.29, 1.82) is 0 Å². The first kappa shape index (κ1) is 22.1. The second-order valence-electron chi connectivity index (χ2n) is 6.56. The Balaban J connectivity index is 2.06. The smallest absolute Gasteiger partial charge is 0.337 e. The largest absolute Gasteiger partial charge is 0.478 e. The number of carbonyl (C=O) groups excluding carboxylic acids is 2. The molecule has 10 heteroatoms. The van der Waals surface area contributed by atoms with Gasteiger partial charge in [-0.15, -0.1) is 0 Å². The molecule has 0 saturated heterocycles. The fraction of sp³-hybridized carbons (Fsp3) is 0.190. The van der Waals surface area contributed by atoms with Gasteiger partial charge < -0.3 is 30.5 Å². The molecule has 0 unspecified atom stereocenters. The highest BCUT2D eigenvalue weighted by Gasteiger charge is 2.35. The lowest BCUT2D eigenvalue weighted by Gasteiger charge is -2.18. The SMILES string of the molecule is COC(=O)C1=C(Nc2cccc(C(=O)O)c2Nc2ccccc2Cl)C(=O)N(CCO)C1. The van der Waals surface area contributed by atoms with E-state index in [1.807, 2.05) is 0 Å². The topological polar surface area (TPSA) is 128 Å². The van der Waals surface area contributed by atoms with Crippen LogP contribution in [0.5, 0.6) is 0 Å². The van der Waals surface area contributed by atoms with Crippen molar-refractivity contribution in [3.63, 3.8) is 0 Å². The second-order valence-corrected chi connectivity index (χ2v) is 6.97. The number of esters is 1. The number of anilines is 3. The van der Waals surface area contributed by atoms with Gasteiger partial charge >= 0.3 is 11.9 Å². The Labute approximate surface area is 182 Å². The van der Waals surface area contributed by atoms with Gasteiger partial charge in [-0.05, 0) is 24.3 Å². The number of hydrogen-bond donors (Lipinski definition) is 4.